The van der Waals surface area contributed by atoms with Gasteiger partial charge >= 0.3 is 0 Å². The van der Waals surface area contributed by atoms with Crippen LogP contribution >= 0.6 is 15.9 Å². The van der Waals surface area contributed by atoms with Crippen molar-refractivity contribution in [3.05, 3.63) is 22.7 Å². The van der Waals surface area contributed by atoms with Crippen LogP contribution in [0.5, 0.6) is 5.75 Å². The Hall–Kier alpha value is -0.630. The number of nitrogens with two attached hydrogens (primary N) is 1. The first-order chi connectivity index (χ1) is 8.94. The summed E-state index contributed by atoms with van der Waals surface area (Å²) in [6.07, 6.45) is 2.17. The number of hydrogen-bond donors (Lipinski definition) is 2. The van der Waals surface area contributed by atoms with Gasteiger partial charge in [-0.3, -0.25) is 0 Å². The van der Waals surface area contributed by atoms with Crippen molar-refractivity contribution in [2.45, 2.75) is 23.8 Å². The van der Waals surface area contributed by atoms with Crippen LogP contribution in [0, 0.1) is 5.92 Å². The van der Waals surface area contributed by atoms with Crippen LogP contribution in [-0.4, -0.2) is 28.1 Å². The minimum absolute atomic E-state index is 0.118. The highest BCUT2D eigenvalue weighted by atomic mass is 79.9. The topological polar surface area (TPSA) is 81.4 Å². The standard InChI is InChI=1S/C12H17BrN2O3S/c1-18-11-5-4-9(13)6-12(11)19(16,17)15-7-10(14)8-2-3-8/h4-6,8,10,15H,2-3,7,14H2,1H3. The molecule has 0 aromatic heterocycles. The molecule has 5 nitrogen and oxygen atoms in total. The van der Waals surface area contributed by atoms with E-state index in [2.05, 4.69) is 20.7 Å². The Bertz CT molecular complexity index is 558. The molecule has 0 heterocycles. The summed E-state index contributed by atoms with van der Waals surface area (Å²) in [5.74, 6) is 0.766. The van der Waals surface area contributed by atoms with E-state index in [1.165, 1.54) is 13.2 Å². The van der Waals surface area contributed by atoms with Crippen molar-refractivity contribution in [2.75, 3.05) is 13.7 Å². The number of rotatable bonds is 6. The summed E-state index contributed by atoms with van der Waals surface area (Å²) in [5.41, 5.74) is 5.90. The second-order valence-corrected chi connectivity index (χ2v) is 7.30. The molecule has 1 aliphatic carbocycles. The Morgan fingerprint density at radius 2 is 2.21 bits per heavy atom. The maximum atomic E-state index is 12.2. The normalized spacial score (nSPS) is 17.2. The third-order valence-electron chi connectivity index (χ3n) is 3.15. The van der Waals surface area contributed by atoms with Crippen LogP contribution in [0.25, 0.3) is 0 Å². The van der Waals surface area contributed by atoms with Crippen LogP contribution in [0.3, 0.4) is 0 Å². The van der Waals surface area contributed by atoms with Gasteiger partial charge in [0.05, 0.1) is 7.11 Å². The third kappa shape index (κ3) is 3.68. The van der Waals surface area contributed by atoms with Crippen LogP contribution in [0.15, 0.2) is 27.6 Å². The zero-order valence-corrected chi connectivity index (χ0v) is 13.0. The molecule has 0 amide bonds. The van der Waals surface area contributed by atoms with E-state index in [-0.39, 0.29) is 17.5 Å². The molecule has 0 radical (unpaired) electrons. The Morgan fingerprint density at radius 1 is 1.53 bits per heavy atom. The van der Waals surface area contributed by atoms with Gasteiger partial charge in [-0.25, -0.2) is 13.1 Å². The van der Waals surface area contributed by atoms with Crippen molar-refractivity contribution < 1.29 is 13.2 Å². The van der Waals surface area contributed by atoms with Crippen LogP contribution in [0.1, 0.15) is 12.8 Å². The highest BCUT2D eigenvalue weighted by Crippen LogP contribution is 2.31. The lowest BCUT2D eigenvalue weighted by atomic mass is 10.2. The van der Waals surface area contributed by atoms with Gasteiger partial charge in [0, 0.05) is 17.1 Å². The molecule has 1 atom stereocenters. The number of benzene rings is 1. The average Bonchev–Trinajstić information content (AvgIpc) is 3.20. The molecular weight excluding hydrogens is 332 g/mol. The molecule has 0 bridgehead atoms. The zero-order chi connectivity index (χ0) is 14.0. The Labute approximate surface area is 121 Å². The molecule has 106 valence electrons. The van der Waals surface area contributed by atoms with Crippen molar-refractivity contribution >= 4 is 26.0 Å². The van der Waals surface area contributed by atoms with E-state index >= 15 is 0 Å². The predicted octanol–water partition coefficient (Wildman–Crippen LogP) is 1.47. The maximum Gasteiger partial charge on any atom is 0.244 e. The van der Waals surface area contributed by atoms with Crippen LogP contribution in [-0.2, 0) is 10.0 Å². The molecule has 1 saturated carbocycles. The molecule has 3 N–H and O–H groups in total. The first-order valence-corrected chi connectivity index (χ1v) is 8.30. The van der Waals surface area contributed by atoms with Crippen molar-refractivity contribution in [1.29, 1.82) is 0 Å². The van der Waals surface area contributed by atoms with Gasteiger partial charge < -0.3 is 10.5 Å². The van der Waals surface area contributed by atoms with Gasteiger partial charge in [0.25, 0.3) is 0 Å². The predicted molar refractivity (Wildman–Crippen MR) is 76.6 cm³/mol. The SMILES string of the molecule is COc1ccc(Br)cc1S(=O)(=O)NCC(N)C1CC1. The Balaban J connectivity index is 2.15. The van der Waals surface area contributed by atoms with E-state index in [0.717, 1.165) is 12.8 Å². The molecule has 1 aromatic rings. The Kier molecular flexibility index (Phi) is 4.50. The summed E-state index contributed by atoms with van der Waals surface area (Å²) in [7, 11) is -2.17. The summed E-state index contributed by atoms with van der Waals surface area (Å²) in [5, 5.41) is 0. The monoisotopic (exact) mass is 348 g/mol. The minimum atomic E-state index is -3.61. The first kappa shape index (κ1) is 14.8. The van der Waals surface area contributed by atoms with E-state index in [1.54, 1.807) is 12.1 Å². The molecule has 7 heteroatoms. The molecule has 0 aliphatic heterocycles. The number of methoxy groups -OCH3 is 1. The van der Waals surface area contributed by atoms with Gasteiger partial charge in [0.2, 0.25) is 10.0 Å². The molecule has 19 heavy (non-hydrogen) atoms. The molecule has 2 rings (SSSR count). The van der Waals surface area contributed by atoms with Crippen molar-refractivity contribution in [3.8, 4) is 5.75 Å². The second kappa shape index (κ2) is 5.78. The number of halogens is 1. The second-order valence-electron chi connectivity index (χ2n) is 4.65. The number of sulfonamides is 1. The van der Waals surface area contributed by atoms with E-state index < -0.39 is 10.0 Å². The summed E-state index contributed by atoms with van der Waals surface area (Å²) >= 11 is 3.26. The van der Waals surface area contributed by atoms with E-state index in [9.17, 15) is 8.42 Å². The number of ether oxygens (including phenoxy) is 1. The van der Waals surface area contributed by atoms with Crippen molar-refractivity contribution in [3.63, 3.8) is 0 Å². The van der Waals surface area contributed by atoms with Crippen LogP contribution in [0.2, 0.25) is 0 Å². The van der Waals surface area contributed by atoms with Gasteiger partial charge in [0.15, 0.2) is 0 Å². The largest absolute Gasteiger partial charge is 0.495 e. The molecule has 1 aliphatic rings. The quantitative estimate of drug-likeness (QED) is 0.815. The Morgan fingerprint density at radius 3 is 2.79 bits per heavy atom. The number of hydrogen-bond acceptors (Lipinski definition) is 4. The van der Waals surface area contributed by atoms with Gasteiger partial charge in [0.1, 0.15) is 10.6 Å². The highest BCUT2D eigenvalue weighted by molar-refractivity contribution is 9.10. The number of nitrogens with one attached hydrogen (secondary N) is 1. The minimum Gasteiger partial charge on any atom is -0.495 e. The average molecular weight is 349 g/mol. The maximum absolute atomic E-state index is 12.2. The van der Waals surface area contributed by atoms with Crippen LogP contribution < -0.4 is 15.2 Å². The lowest BCUT2D eigenvalue weighted by Crippen LogP contribution is -2.38. The molecule has 1 fully saturated rings. The summed E-state index contributed by atoms with van der Waals surface area (Å²) in [6, 6.07) is 4.74. The fourth-order valence-electron chi connectivity index (χ4n) is 1.84. The van der Waals surface area contributed by atoms with Gasteiger partial charge in [-0.2, -0.15) is 0 Å². The smallest absolute Gasteiger partial charge is 0.244 e. The fraction of sp³-hybridized carbons (Fsp3) is 0.500. The molecule has 1 unspecified atom stereocenters. The zero-order valence-electron chi connectivity index (χ0n) is 10.6. The fourth-order valence-corrected chi connectivity index (χ4v) is 3.61. The van der Waals surface area contributed by atoms with Gasteiger partial charge in [-0.1, -0.05) is 15.9 Å². The van der Waals surface area contributed by atoms with Gasteiger partial charge in [-0.05, 0) is 37.0 Å². The highest BCUT2D eigenvalue weighted by Gasteiger charge is 2.30. The molecule has 0 saturated heterocycles. The van der Waals surface area contributed by atoms with E-state index in [4.69, 9.17) is 10.5 Å². The van der Waals surface area contributed by atoms with Gasteiger partial charge in [-0.15, -0.1) is 0 Å². The van der Waals surface area contributed by atoms with Crippen molar-refractivity contribution in [1.82, 2.24) is 4.72 Å². The molecular formula is C12H17BrN2O3S. The summed E-state index contributed by atoms with van der Waals surface area (Å²) < 4.78 is 32.8. The summed E-state index contributed by atoms with van der Waals surface area (Å²) in [6.45, 7) is 0.253. The van der Waals surface area contributed by atoms with E-state index in [1.807, 2.05) is 0 Å². The lowest BCUT2D eigenvalue weighted by molar-refractivity contribution is 0.402. The van der Waals surface area contributed by atoms with Crippen molar-refractivity contribution in [2.24, 2.45) is 11.7 Å². The first-order valence-electron chi connectivity index (χ1n) is 6.03. The van der Waals surface area contributed by atoms with Crippen LogP contribution in [0.4, 0.5) is 0 Å². The molecule has 1 aromatic carbocycles. The van der Waals surface area contributed by atoms with E-state index in [0.29, 0.717) is 16.1 Å². The third-order valence-corrected chi connectivity index (χ3v) is 5.09. The summed E-state index contributed by atoms with van der Waals surface area (Å²) in [4.78, 5) is 0.118. The lowest BCUT2D eigenvalue weighted by Gasteiger charge is -2.14. The molecule has 0 spiro atoms.